The topological polar surface area (TPSA) is 35.6 Å². The Hall–Kier alpha value is -1.55. The second-order valence-electron chi connectivity index (χ2n) is 6.05. The second kappa shape index (κ2) is 8.03. The fourth-order valence-corrected chi connectivity index (χ4v) is 2.60. The minimum atomic E-state index is 0.277. The van der Waals surface area contributed by atoms with Crippen LogP contribution in [0.25, 0.3) is 0 Å². The Bertz CT molecular complexity index is 425. The Morgan fingerprint density at radius 1 is 1.14 bits per heavy atom. The van der Waals surface area contributed by atoms with E-state index in [1.807, 2.05) is 11.0 Å². The zero-order valence-corrected chi connectivity index (χ0v) is 13.2. The van der Waals surface area contributed by atoms with Crippen molar-refractivity contribution < 1.29 is 4.79 Å². The Balaban J connectivity index is 1.70. The number of hydrogen-bond donors (Lipinski definition) is 1. The van der Waals surface area contributed by atoms with Gasteiger partial charge in [-0.25, -0.2) is 0 Å². The lowest BCUT2D eigenvalue weighted by atomic mass is 10.2. The number of piperazine rings is 1. The third kappa shape index (κ3) is 5.05. The lowest BCUT2D eigenvalue weighted by Gasteiger charge is -2.36. The van der Waals surface area contributed by atoms with E-state index in [1.165, 1.54) is 5.69 Å². The molecule has 21 heavy (non-hydrogen) atoms. The summed E-state index contributed by atoms with van der Waals surface area (Å²) in [5, 5.41) is 3.33. The number of hydrogen-bond acceptors (Lipinski definition) is 3. The van der Waals surface area contributed by atoms with Crippen molar-refractivity contribution in [3.05, 3.63) is 30.3 Å². The number of nitrogens with one attached hydrogen (secondary N) is 1. The summed E-state index contributed by atoms with van der Waals surface area (Å²) < 4.78 is 0. The molecule has 1 saturated heterocycles. The van der Waals surface area contributed by atoms with E-state index in [1.54, 1.807) is 0 Å². The van der Waals surface area contributed by atoms with Gasteiger partial charge >= 0.3 is 0 Å². The van der Waals surface area contributed by atoms with Gasteiger partial charge < -0.3 is 15.1 Å². The molecule has 0 aliphatic carbocycles. The number of nitrogens with zero attached hydrogens (tertiary/aromatic N) is 2. The molecule has 4 nitrogen and oxygen atoms in total. The normalized spacial score (nSPS) is 15.6. The Morgan fingerprint density at radius 3 is 2.43 bits per heavy atom. The van der Waals surface area contributed by atoms with Gasteiger partial charge in [-0.1, -0.05) is 32.0 Å². The zero-order valence-electron chi connectivity index (χ0n) is 13.2. The summed E-state index contributed by atoms with van der Waals surface area (Å²) in [5.74, 6) is 0.911. The van der Waals surface area contributed by atoms with Crippen molar-refractivity contribution >= 4 is 11.6 Å². The molecule has 0 atom stereocenters. The van der Waals surface area contributed by atoms with Crippen LogP contribution in [-0.2, 0) is 4.79 Å². The maximum absolute atomic E-state index is 12.2. The molecule has 1 fully saturated rings. The third-order valence-corrected chi connectivity index (χ3v) is 3.82. The van der Waals surface area contributed by atoms with Gasteiger partial charge in [0.25, 0.3) is 0 Å². The predicted octanol–water partition coefficient (Wildman–Crippen LogP) is 1.97. The monoisotopic (exact) mass is 289 g/mol. The minimum absolute atomic E-state index is 0.277. The van der Waals surface area contributed by atoms with Crippen LogP contribution >= 0.6 is 0 Å². The number of para-hydroxylation sites is 1. The number of carbonyl (C=O) groups is 1. The SMILES string of the molecule is CC(C)CNCCC(=O)N1CCN(c2ccccc2)CC1. The van der Waals surface area contributed by atoms with Crippen LogP contribution in [0.1, 0.15) is 20.3 Å². The number of benzene rings is 1. The molecule has 0 bridgehead atoms. The Labute approximate surface area is 128 Å². The van der Waals surface area contributed by atoms with Gasteiger partial charge in [0.15, 0.2) is 0 Å². The molecule has 1 N–H and O–H groups in total. The summed E-state index contributed by atoms with van der Waals surface area (Å²) in [4.78, 5) is 16.5. The van der Waals surface area contributed by atoms with Gasteiger partial charge in [-0.05, 0) is 24.6 Å². The summed E-state index contributed by atoms with van der Waals surface area (Å²) in [6.07, 6.45) is 0.609. The van der Waals surface area contributed by atoms with Gasteiger partial charge in [0.1, 0.15) is 0 Å². The molecule has 1 aliphatic rings. The van der Waals surface area contributed by atoms with Crippen molar-refractivity contribution in [2.45, 2.75) is 20.3 Å². The summed E-state index contributed by atoms with van der Waals surface area (Å²) >= 11 is 0. The van der Waals surface area contributed by atoms with Gasteiger partial charge in [0.05, 0.1) is 0 Å². The molecule has 1 heterocycles. The molecular weight excluding hydrogens is 262 g/mol. The first kappa shape index (κ1) is 15.8. The van der Waals surface area contributed by atoms with E-state index in [9.17, 15) is 4.79 Å². The number of carbonyl (C=O) groups excluding carboxylic acids is 1. The predicted molar refractivity (Wildman–Crippen MR) is 87.6 cm³/mol. The van der Waals surface area contributed by atoms with E-state index in [-0.39, 0.29) is 5.91 Å². The standard InChI is InChI=1S/C17H27N3O/c1-15(2)14-18-9-8-17(21)20-12-10-19(11-13-20)16-6-4-3-5-7-16/h3-7,15,18H,8-14H2,1-2H3. The summed E-state index contributed by atoms with van der Waals surface area (Å²) in [5.41, 5.74) is 1.25. The molecule has 116 valence electrons. The molecule has 2 rings (SSSR count). The largest absolute Gasteiger partial charge is 0.368 e. The highest BCUT2D eigenvalue weighted by Gasteiger charge is 2.20. The summed E-state index contributed by atoms with van der Waals surface area (Å²) in [6.45, 7) is 9.64. The quantitative estimate of drug-likeness (QED) is 0.813. The highest BCUT2D eigenvalue weighted by Crippen LogP contribution is 2.15. The number of anilines is 1. The van der Waals surface area contributed by atoms with Crippen LogP contribution in [0.15, 0.2) is 30.3 Å². The Morgan fingerprint density at radius 2 is 1.81 bits per heavy atom. The molecule has 0 saturated carbocycles. The van der Waals surface area contributed by atoms with Crippen molar-refractivity contribution in [3.63, 3.8) is 0 Å². The van der Waals surface area contributed by atoms with Crippen molar-refractivity contribution in [2.75, 3.05) is 44.2 Å². The van der Waals surface area contributed by atoms with E-state index in [4.69, 9.17) is 0 Å². The molecule has 4 heteroatoms. The van der Waals surface area contributed by atoms with Gasteiger partial charge in [0.2, 0.25) is 5.91 Å². The average molecular weight is 289 g/mol. The lowest BCUT2D eigenvalue weighted by Crippen LogP contribution is -2.49. The maximum Gasteiger partial charge on any atom is 0.223 e. The molecule has 1 amide bonds. The van der Waals surface area contributed by atoms with Crippen LogP contribution in [0.5, 0.6) is 0 Å². The van der Waals surface area contributed by atoms with Crippen molar-refractivity contribution in [1.29, 1.82) is 0 Å². The Kier molecular flexibility index (Phi) is 6.05. The fourth-order valence-electron chi connectivity index (χ4n) is 2.60. The molecular formula is C17H27N3O. The van der Waals surface area contributed by atoms with Gasteiger partial charge in [-0.2, -0.15) is 0 Å². The van der Waals surface area contributed by atoms with Crippen LogP contribution in [-0.4, -0.2) is 50.1 Å². The molecule has 0 spiro atoms. The first-order chi connectivity index (χ1) is 10.2. The van der Waals surface area contributed by atoms with E-state index in [2.05, 4.69) is 48.3 Å². The molecule has 1 aromatic carbocycles. The molecule has 1 aromatic rings. The lowest BCUT2D eigenvalue weighted by molar-refractivity contribution is -0.131. The van der Waals surface area contributed by atoms with E-state index < -0.39 is 0 Å². The maximum atomic E-state index is 12.2. The van der Waals surface area contributed by atoms with Crippen molar-refractivity contribution in [1.82, 2.24) is 10.2 Å². The van der Waals surface area contributed by atoms with Gasteiger partial charge in [-0.3, -0.25) is 4.79 Å². The molecule has 0 unspecified atom stereocenters. The van der Waals surface area contributed by atoms with E-state index >= 15 is 0 Å². The van der Waals surface area contributed by atoms with Crippen molar-refractivity contribution in [3.8, 4) is 0 Å². The number of rotatable bonds is 6. The molecule has 0 aromatic heterocycles. The fraction of sp³-hybridized carbons (Fsp3) is 0.588. The highest BCUT2D eigenvalue weighted by molar-refractivity contribution is 5.76. The van der Waals surface area contributed by atoms with E-state index in [0.29, 0.717) is 12.3 Å². The van der Waals surface area contributed by atoms with E-state index in [0.717, 1.165) is 39.3 Å². The molecule has 0 radical (unpaired) electrons. The van der Waals surface area contributed by atoms with Gasteiger partial charge in [-0.15, -0.1) is 0 Å². The van der Waals surface area contributed by atoms with Crippen LogP contribution in [0.3, 0.4) is 0 Å². The van der Waals surface area contributed by atoms with Gasteiger partial charge in [0, 0.05) is 44.8 Å². The minimum Gasteiger partial charge on any atom is -0.368 e. The second-order valence-corrected chi connectivity index (χ2v) is 6.05. The zero-order chi connectivity index (χ0) is 15.1. The van der Waals surface area contributed by atoms with Crippen LogP contribution in [0, 0.1) is 5.92 Å². The highest BCUT2D eigenvalue weighted by atomic mass is 16.2. The summed E-state index contributed by atoms with van der Waals surface area (Å²) in [6, 6.07) is 10.4. The summed E-state index contributed by atoms with van der Waals surface area (Å²) in [7, 11) is 0. The van der Waals surface area contributed by atoms with Crippen LogP contribution in [0.4, 0.5) is 5.69 Å². The third-order valence-electron chi connectivity index (χ3n) is 3.82. The molecule has 1 aliphatic heterocycles. The smallest absolute Gasteiger partial charge is 0.223 e. The first-order valence-electron chi connectivity index (χ1n) is 7.95. The number of amides is 1. The van der Waals surface area contributed by atoms with Crippen molar-refractivity contribution in [2.24, 2.45) is 5.92 Å². The van der Waals surface area contributed by atoms with Crippen LogP contribution < -0.4 is 10.2 Å². The van der Waals surface area contributed by atoms with Crippen LogP contribution in [0.2, 0.25) is 0 Å². The average Bonchev–Trinajstić information content (AvgIpc) is 2.52. The first-order valence-corrected chi connectivity index (χ1v) is 7.95.